The van der Waals surface area contributed by atoms with E-state index in [1.165, 1.54) is 4.57 Å². The van der Waals surface area contributed by atoms with Gasteiger partial charge in [0.25, 0.3) is 0 Å². The lowest BCUT2D eigenvalue weighted by Crippen LogP contribution is -2.37. The highest BCUT2D eigenvalue weighted by Gasteiger charge is 2.30. The van der Waals surface area contributed by atoms with E-state index in [9.17, 15) is 9.90 Å². The van der Waals surface area contributed by atoms with E-state index in [1.807, 2.05) is 11.0 Å². The number of rotatable bonds is 4. The van der Waals surface area contributed by atoms with Gasteiger partial charge in [0, 0.05) is 29.2 Å². The third kappa shape index (κ3) is 3.07. The first-order valence-electron chi connectivity index (χ1n) is 8.45. The first-order chi connectivity index (χ1) is 13.0. The monoisotopic (exact) mass is 390 g/mol. The van der Waals surface area contributed by atoms with Crippen LogP contribution in [0.25, 0.3) is 11.1 Å². The highest BCUT2D eigenvalue weighted by atomic mass is 35.5. The van der Waals surface area contributed by atoms with Gasteiger partial charge in [-0.1, -0.05) is 11.6 Å². The van der Waals surface area contributed by atoms with Crippen LogP contribution in [0.15, 0.2) is 39.5 Å². The second-order valence-corrected chi connectivity index (χ2v) is 6.88. The molecular weight excluding hydrogens is 372 g/mol. The molecule has 1 aliphatic rings. The number of aromatic nitrogens is 1. The molecule has 0 saturated heterocycles. The third-order valence-electron chi connectivity index (χ3n) is 4.83. The second kappa shape index (κ2) is 6.92. The molecule has 142 valence electrons. The predicted octanol–water partition coefficient (Wildman–Crippen LogP) is 2.77. The van der Waals surface area contributed by atoms with Crippen LogP contribution in [-0.4, -0.2) is 35.3 Å². The minimum absolute atomic E-state index is 0.253. The molecule has 4 rings (SSSR count). The zero-order valence-corrected chi connectivity index (χ0v) is 15.7. The van der Waals surface area contributed by atoms with E-state index in [2.05, 4.69) is 0 Å². The van der Waals surface area contributed by atoms with E-state index in [4.69, 9.17) is 25.5 Å². The van der Waals surface area contributed by atoms with E-state index in [1.54, 1.807) is 38.5 Å². The summed E-state index contributed by atoms with van der Waals surface area (Å²) in [6, 6.07) is 8.64. The average Bonchev–Trinajstić information content (AvgIpc) is 2.95. The molecule has 3 aromatic rings. The van der Waals surface area contributed by atoms with Gasteiger partial charge in [0.1, 0.15) is 11.5 Å². The number of aliphatic hydroxyl groups is 1. The number of nitrogens with zero attached hydrogens (tertiary/aromatic N) is 2. The number of oxazole rings is 1. The van der Waals surface area contributed by atoms with Crippen LogP contribution in [0, 0.1) is 0 Å². The largest absolute Gasteiger partial charge is 0.496 e. The van der Waals surface area contributed by atoms with Crippen LogP contribution in [0.4, 0.5) is 0 Å². The van der Waals surface area contributed by atoms with Crippen molar-refractivity contribution in [2.75, 3.05) is 20.8 Å². The van der Waals surface area contributed by atoms with Crippen LogP contribution in [0.2, 0.25) is 5.02 Å². The van der Waals surface area contributed by atoms with Crippen molar-refractivity contribution < 1.29 is 19.0 Å². The zero-order valence-electron chi connectivity index (χ0n) is 14.9. The SMILES string of the molecule is COc1ccc(OC)c2c1CN(Cn1c(=O)oc3ccc(Cl)cc31)CC2O. The number of fused-ring (bicyclic) bond motifs is 2. The Morgan fingerprint density at radius 2 is 1.96 bits per heavy atom. The molecule has 0 spiro atoms. The van der Waals surface area contributed by atoms with E-state index >= 15 is 0 Å². The Morgan fingerprint density at radius 3 is 2.70 bits per heavy atom. The molecule has 1 atom stereocenters. The number of ether oxygens (including phenoxy) is 2. The van der Waals surface area contributed by atoms with E-state index in [0.29, 0.717) is 40.7 Å². The van der Waals surface area contributed by atoms with Gasteiger partial charge in [0.15, 0.2) is 5.58 Å². The lowest BCUT2D eigenvalue weighted by Gasteiger charge is -2.33. The Kier molecular flexibility index (Phi) is 4.59. The van der Waals surface area contributed by atoms with Crippen molar-refractivity contribution in [2.45, 2.75) is 19.3 Å². The van der Waals surface area contributed by atoms with Gasteiger partial charge in [0.2, 0.25) is 0 Å². The van der Waals surface area contributed by atoms with Crippen LogP contribution >= 0.6 is 11.6 Å². The standard InChI is InChI=1S/C19H19ClN2O5/c1-25-15-5-6-17(26-2)18-12(15)8-21(9-14(18)23)10-22-13-7-11(20)3-4-16(13)27-19(22)24/h3-7,14,23H,8-10H2,1-2H3. The summed E-state index contributed by atoms with van der Waals surface area (Å²) in [6.07, 6.45) is -0.767. The molecule has 0 amide bonds. The van der Waals surface area contributed by atoms with Gasteiger partial charge < -0.3 is 19.0 Å². The summed E-state index contributed by atoms with van der Waals surface area (Å²) in [7, 11) is 3.16. The van der Waals surface area contributed by atoms with E-state index in [0.717, 1.165) is 11.1 Å². The van der Waals surface area contributed by atoms with Crippen LogP contribution in [0.3, 0.4) is 0 Å². The number of hydrogen-bond donors (Lipinski definition) is 1. The molecule has 0 bridgehead atoms. The van der Waals surface area contributed by atoms with Crippen molar-refractivity contribution in [3.05, 3.63) is 57.0 Å². The van der Waals surface area contributed by atoms with Gasteiger partial charge in [-0.25, -0.2) is 4.79 Å². The molecule has 0 aliphatic carbocycles. The Bertz CT molecular complexity index is 1060. The predicted molar refractivity (Wildman–Crippen MR) is 100 cm³/mol. The van der Waals surface area contributed by atoms with Crippen molar-refractivity contribution in [2.24, 2.45) is 0 Å². The first kappa shape index (κ1) is 17.9. The summed E-state index contributed by atoms with van der Waals surface area (Å²) in [4.78, 5) is 14.2. The minimum Gasteiger partial charge on any atom is -0.496 e. The molecule has 27 heavy (non-hydrogen) atoms. The van der Waals surface area contributed by atoms with Crippen LogP contribution in [0.5, 0.6) is 11.5 Å². The fraction of sp³-hybridized carbons (Fsp3) is 0.316. The molecule has 2 heterocycles. The van der Waals surface area contributed by atoms with Crippen LogP contribution in [0.1, 0.15) is 17.2 Å². The fourth-order valence-corrected chi connectivity index (χ4v) is 3.79. The number of aliphatic hydroxyl groups excluding tert-OH is 1. The Labute approximate surface area is 160 Å². The maximum Gasteiger partial charge on any atom is 0.421 e. The van der Waals surface area contributed by atoms with Gasteiger partial charge >= 0.3 is 5.76 Å². The van der Waals surface area contributed by atoms with Crippen molar-refractivity contribution in [1.82, 2.24) is 9.47 Å². The molecule has 1 unspecified atom stereocenters. The Hall–Kier alpha value is -2.48. The summed E-state index contributed by atoms with van der Waals surface area (Å²) in [5, 5.41) is 11.2. The number of halogens is 1. The minimum atomic E-state index is -0.767. The lowest BCUT2D eigenvalue weighted by molar-refractivity contribution is 0.0697. The van der Waals surface area contributed by atoms with Gasteiger partial charge in [-0.05, 0) is 30.3 Å². The molecule has 8 heteroatoms. The highest BCUT2D eigenvalue weighted by molar-refractivity contribution is 6.31. The first-order valence-corrected chi connectivity index (χ1v) is 8.82. The molecule has 0 fully saturated rings. The Balaban J connectivity index is 1.72. The maximum atomic E-state index is 12.3. The smallest absolute Gasteiger partial charge is 0.421 e. The zero-order chi connectivity index (χ0) is 19.1. The van der Waals surface area contributed by atoms with Crippen molar-refractivity contribution >= 4 is 22.7 Å². The summed E-state index contributed by atoms with van der Waals surface area (Å²) < 4.78 is 17.6. The van der Waals surface area contributed by atoms with E-state index in [-0.39, 0.29) is 6.67 Å². The summed E-state index contributed by atoms with van der Waals surface area (Å²) >= 11 is 6.06. The Morgan fingerprint density at radius 1 is 1.22 bits per heavy atom. The highest BCUT2D eigenvalue weighted by Crippen LogP contribution is 2.39. The van der Waals surface area contributed by atoms with Gasteiger partial charge in [0.05, 0.1) is 32.5 Å². The molecule has 2 aromatic carbocycles. The molecule has 0 saturated carbocycles. The second-order valence-electron chi connectivity index (χ2n) is 6.44. The molecule has 0 radical (unpaired) electrons. The number of hydrogen-bond acceptors (Lipinski definition) is 6. The summed E-state index contributed by atoms with van der Waals surface area (Å²) in [5.74, 6) is 0.822. The number of benzene rings is 2. The van der Waals surface area contributed by atoms with Crippen molar-refractivity contribution in [1.29, 1.82) is 0 Å². The molecule has 7 nitrogen and oxygen atoms in total. The molecule has 1 N–H and O–H groups in total. The van der Waals surface area contributed by atoms with Gasteiger partial charge in [-0.15, -0.1) is 0 Å². The molecular formula is C19H19ClN2O5. The van der Waals surface area contributed by atoms with Gasteiger partial charge in [-0.3, -0.25) is 9.47 Å². The normalized spacial score (nSPS) is 17.1. The van der Waals surface area contributed by atoms with Crippen LogP contribution in [-0.2, 0) is 13.2 Å². The van der Waals surface area contributed by atoms with Gasteiger partial charge in [-0.2, -0.15) is 0 Å². The maximum absolute atomic E-state index is 12.3. The van der Waals surface area contributed by atoms with Crippen molar-refractivity contribution in [3.8, 4) is 11.5 Å². The van der Waals surface area contributed by atoms with Crippen molar-refractivity contribution in [3.63, 3.8) is 0 Å². The molecule has 1 aliphatic heterocycles. The topological polar surface area (TPSA) is 77.1 Å². The lowest BCUT2D eigenvalue weighted by atomic mass is 9.95. The average molecular weight is 391 g/mol. The number of β-amino-alcohol motifs (C(OH)–C–C–N with tert-alkyl or cyclic N) is 1. The molecule has 1 aromatic heterocycles. The number of methoxy groups -OCH3 is 2. The van der Waals surface area contributed by atoms with Crippen LogP contribution < -0.4 is 15.2 Å². The fourth-order valence-electron chi connectivity index (χ4n) is 3.62. The quantitative estimate of drug-likeness (QED) is 0.738. The third-order valence-corrected chi connectivity index (χ3v) is 5.07. The summed E-state index contributed by atoms with van der Waals surface area (Å²) in [6.45, 7) is 1.09. The van der Waals surface area contributed by atoms with E-state index < -0.39 is 11.9 Å². The summed E-state index contributed by atoms with van der Waals surface area (Å²) in [5.41, 5.74) is 2.65.